The number of aliphatic hydroxyl groups excluding tert-OH is 1. The van der Waals surface area contributed by atoms with Gasteiger partial charge in [0.05, 0.1) is 32.8 Å². The highest BCUT2D eigenvalue weighted by Gasteiger charge is 2.17. The van der Waals surface area contributed by atoms with Crippen molar-refractivity contribution in [1.29, 1.82) is 0 Å². The van der Waals surface area contributed by atoms with Crippen molar-refractivity contribution in [2.75, 3.05) is 26.7 Å². The number of likely N-dealkylation sites (N-methyl/N-ethyl adjacent to an activating group) is 1. The summed E-state index contributed by atoms with van der Waals surface area (Å²) in [6.45, 7) is 6.98. The average Bonchev–Trinajstić information content (AvgIpc) is 2.11. The summed E-state index contributed by atoms with van der Waals surface area (Å²) in [5.74, 6) is 0. The summed E-state index contributed by atoms with van der Waals surface area (Å²) >= 11 is 5.49. The van der Waals surface area contributed by atoms with Gasteiger partial charge in [-0.15, -0.1) is 0 Å². The third kappa shape index (κ3) is 6.08. The molecule has 2 nitrogen and oxygen atoms in total. The molecule has 2 atom stereocenters. The van der Waals surface area contributed by atoms with Crippen LogP contribution in [0.1, 0.15) is 20.3 Å². The van der Waals surface area contributed by atoms with Crippen LogP contribution in [-0.2, 0) is 0 Å². The van der Waals surface area contributed by atoms with E-state index in [1.807, 2.05) is 13.0 Å². The number of rotatable bonds is 6. The van der Waals surface area contributed by atoms with E-state index in [0.29, 0.717) is 0 Å². The van der Waals surface area contributed by atoms with Crippen LogP contribution in [0.3, 0.4) is 0 Å². The molecule has 0 bridgehead atoms. The Kier molecular flexibility index (Phi) is 6.39. The van der Waals surface area contributed by atoms with Crippen LogP contribution in [0.15, 0.2) is 11.6 Å². The van der Waals surface area contributed by atoms with Gasteiger partial charge in [0, 0.05) is 12.0 Å². The Labute approximate surface area is 86.4 Å². The summed E-state index contributed by atoms with van der Waals surface area (Å²) in [5, 5.41) is 9.18. The molecule has 0 aliphatic heterocycles. The Morgan fingerprint density at radius 1 is 1.54 bits per heavy atom. The molecule has 0 saturated carbocycles. The maximum Gasteiger partial charge on any atom is 0.0983 e. The minimum Gasteiger partial charge on any atom is -0.393 e. The van der Waals surface area contributed by atoms with Crippen LogP contribution in [0.4, 0.5) is 0 Å². The van der Waals surface area contributed by atoms with Gasteiger partial charge in [-0.25, -0.2) is 0 Å². The average molecular weight is 207 g/mol. The molecular weight excluding hydrogens is 186 g/mol. The fourth-order valence-electron chi connectivity index (χ4n) is 1.17. The standard InChI is InChI=1S/C10H21ClNO/c1-4-12(3,8-5-7-11)9-6-10(2)13/h5,7,10,13H,4,6,8-9H2,1-3H3/q+1. The Bertz CT molecular complexity index is 159. The Hall–Kier alpha value is -0.0500. The van der Waals surface area contributed by atoms with Gasteiger partial charge in [0.1, 0.15) is 0 Å². The highest BCUT2D eigenvalue weighted by Crippen LogP contribution is 2.06. The molecule has 2 unspecified atom stereocenters. The number of nitrogens with zero attached hydrogens (tertiary/aromatic N) is 1. The molecule has 3 heteroatoms. The van der Waals surface area contributed by atoms with Crippen LogP contribution in [0.2, 0.25) is 0 Å². The molecule has 0 aromatic rings. The number of halogens is 1. The lowest BCUT2D eigenvalue weighted by Gasteiger charge is -2.32. The van der Waals surface area contributed by atoms with Crippen LogP contribution < -0.4 is 0 Å². The molecule has 0 amide bonds. The summed E-state index contributed by atoms with van der Waals surface area (Å²) in [6, 6.07) is 0. The maximum atomic E-state index is 9.18. The lowest BCUT2D eigenvalue weighted by atomic mass is 10.2. The molecule has 0 fully saturated rings. The van der Waals surface area contributed by atoms with Crippen LogP contribution in [0.5, 0.6) is 0 Å². The van der Waals surface area contributed by atoms with E-state index in [4.69, 9.17) is 11.6 Å². The van der Waals surface area contributed by atoms with Gasteiger partial charge in [-0.3, -0.25) is 0 Å². The zero-order valence-corrected chi connectivity index (χ0v) is 9.59. The first-order valence-corrected chi connectivity index (χ1v) is 5.24. The van der Waals surface area contributed by atoms with Gasteiger partial charge in [-0.1, -0.05) is 11.6 Å². The molecular formula is C10H21ClNO+. The molecule has 0 saturated heterocycles. The Morgan fingerprint density at radius 2 is 2.15 bits per heavy atom. The van der Waals surface area contributed by atoms with Gasteiger partial charge < -0.3 is 9.59 Å². The van der Waals surface area contributed by atoms with Crippen LogP contribution in [0, 0.1) is 0 Å². The first-order chi connectivity index (χ1) is 6.04. The molecule has 0 rings (SSSR count). The molecule has 0 radical (unpaired) electrons. The Balaban J connectivity index is 3.95. The smallest absolute Gasteiger partial charge is 0.0983 e. The SMILES string of the molecule is CC[N+](C)(CC=CCl)CCC(C)O. The van der Waals surface area contributed by atoms with Gasteiger partial charge in [-0.05, 0) is 19.9 Å². The number of hydrogen-bond donors (Lipinski definition) is 1. The zero-order valence-electron chi connectivity index (χ0n) is 8.83. The highest BCUT2D eigenvalue weighted by atomic mass is 35.5. The molecule has 0 aromatic heterocycles. The van der Waals surface area contributed by atoms with Gasteiger partial charge >= 0.3 is 0 Å². The van der Waals surface area contributed by atoms with E-state index in [-0.39, 0.29) is 6.10 Å². The van der Waals surface area contributed by atoms with Crippen molar-refractivity contribution in [3.8, 4) is 0 Å². The van der Waals surface area contributed by atoms with Crippen molar-refractivity contribution in [2.45, 2.75) is 26.4 Å². The summed E-state index contributed by atoms with van der Waals surface area (Å²) in [7, 11) is 2.18. The predicted molar refractivity (Wildman–Crippen MR) is 57.8 cm³/mol. The highest BCUT2D eigenvalue weighted by molar-refractivity contribution is 6.25. The van der Waals surface area contributed by atoms with E-state index in [1.165, 1.54) is 0 Å². The van der Waals surface area contributed by atoms with Crippen molar-refractivity contribution in [1.82, 2.24) is 0 Å². The fourth-order valence-corrected chi connectivity index (χ4v) is 1.25. The summed E-state index contributed by atoms with van der Waals surface area (Å²) in [6.07, 6.45) is 2.61. The summed E-state index contributed by atoms with van der Waals surface area (Å²) in [4.78, 5) is 0. The first-order valence-electron chi connectivity index (χ1n) is 4.81. The largest absolute Gasteiger partial charge is 0.393 e. The van der Waals surface area contributed by atoms with Crippen LogP contribution in [-0.4, -0.2) is 42.4 Å². The topological polar surface area (TPSA) is 20.2 Å². The van der Waals surface area contributed by atoms with Gasteiger partial charge in [0.2, 0.25) is 0 Å². The minimum atomic E-state index is -0.205. The second-order valence-electron chi connectivity index (χ2n) is 3.84. The second kappa shape index (κ2) is 6.41. The quantitative estimate of drug-likeness (QED) is 0.659. The van der Waals surface area contributed by atoms with E-state index in [9.17, 15) is 5.11 Å². The van der Waals surface area contributed by atoms with E-state index in [2.05, 4.69) is 14.0 Å². The zero-order chi connectivity index (χ0) is 10.3. The van der Waals surface area contributed by atoms with E-state index < -0.39 is 0 Å². The third-order valence-electron chi connectivity index (χ3n) is 2.49. The van der Waals surface area contributed by atoms with Crippen molar-refractivity contribution < 1.29 is 9.59 Å². The Morgan fingerprint density at radius 3 is 2.54 bits per heavy atom. The monoisotopic (exact) mass is 206 g/mol. The molecule has 0 heterocycles. The second-order valence-corrected chi connectivity index (χ2v) is 4.09. The number of aliphatic hydroxyl groups is 1. The minimum absolute atomic E-state index is 0.205. The van der Waals surface area contributed by atoms with Crippen molar-refractivity contribution in [2.24, 2.45) is 0 Å². The first kappa shape index (κ1) is 12.9. The van der Waals surface area contributed by atoms with Crippen molar-refractivity contribution in [3.05, 3.63) is 11.6 Å². The van der Waals surface area contributed by atoms with E-state index in [1.54, 1.807) is 5.54 Å². The lowest BCUT2D eigenvalue weighted by molar-refractivity contribution is -0.902. The summed E-state index contributed by atoms with van der Waals surface area (Å²) < 4.78 is 0.939. The normalized spacial score (nSPS) is 18.8. The van der Waals surface area contributed by atoms with Crippen molar-refractivity contribution in [3.63, 3.8) is 0 Å². The summed E-state index contributed by atoms with van der Waals surface area (Å²) in [5.41, 5.74) is 1.56. The third-order valence-corrected chi connectivity index (χ3v) is 2.66. The molecule has 13 heavy (non-hydrogen) atoms. The van der Waals surface area contributed by atoms with Gasteiger partial charge in [0.25, 0.3) is 0 Å². The van der Waals surface area contributed by atoms with Crippen LogP contribution in [0.25, 0.3) is 0 Å². The molecule has 0 aromatic carbocycles. The number of hydrogen-bond acceptors (Lipinski definition) is 1. The maximum absolute atomic E-state index is 9.18. The molecule has 1 N–H and O–H groups in total. The molecule has 0 spiro atoms. The van der Waals surface area contributed by atoms with E-state index >= 15 is 0 Å². The molecule has 78 valence electrons. The molecule has 0 aliphatic rings. The van der Waals surface area contributed by atoms with E-state index in [0.717, 1.165) is 30.5 Å². The van der Waals surface area contributed by atoms with Crippen LogP contribution >= 0.6 is 11.6 Å². The lowest BCUT2D eigenvalue weighted by Crippen LogP contribution is -2.45. The molecule has 0 aliphatic carbocycles. The number of quaternary nitrogens is 1. The fraction of sp³-hybridized carbons (Fsp3) is 0.800. The van der Waals surface area contributed by atoms with Gasteiger partial charge in [-0.2, -0.15) is 0 Å². The van der Waals surface area contributed by atoms with Crippen molar-refractivity contribution >= 4 is 11.6 Å². The van der Waals surface area contributed by atoms with Gasteiger partial charge in [0.15, 0.2) is 0 Å². The predicted octanol–water partition coefficient (Wildman–Crippen LogP) is 1.98.